The first-order valence-electron chi connectivity index (χ1n) is 8.36. The molecule has 0 unspecified atom stereocenters. The van der Waals surface area contributed by atoms with E-state index in [0.717, 1.165) is 11.8 Å². The van der Waals surface area contributed by atoms with E-state index < -0.39 is 11.9 Å². The van der Waals surface area contributed by atoms with E-state index >= 15 is 0 Å². The third kappa shape index (κ3) is 4.54. The number of thiocarbonyl (C=S) groups is 1. The van der Waals surface area contributed by atoms with Crippen molar-refractivity contribution in [3.05, 3.63) is 40.6 Å². The zero-order chi connectivity index (χ0) is 19.6. The lowest BCUT2D eigenvalue weighted by molar-refractivity contribution is -0.146. The molecule has 9 heteroatoms. The number of likely N-dealkylation sites (tertiary alicyclic amines) is 1. The molecule has 142 valence electrons. The number of hydrogen-bond acceptors (Lipinski definition) is 5. The average molecular weight is 408 g/mol. The topological polar surface area (TPSA) is 77.9 Å². The summed E-state index contributed by atoms with van der Waals surface area (Å²) in [5.74, 6) is -2.24. The maximum atomic E-state index is 13.0. The monoisotopic (exact) mass is 408 g/mol. The summed E-state index contributed by atoms with van der Waals surface area (Å²) in [7, 11) is 0. The minimum atomic E-state index is -0.843. The van der Waals surface area contributed by atoms with Gasteiger partial charge in [-0.15, -0.1) is 0 Å². The molecule has 27 heavy (non-hydrogen) atoms. The molecule has 2 amide bonds. The predicted molar refractivity (Wildman–Crippen MR) is 103 cm³/mol. The molecule has 6 nitrogen and oxygen atoms in total. The number of aliphatic carboxylic acids is 1. The Morgan fingerprint density at radius 1 is 1.26 bits per heavy atom. The van der Waals surface area contributed by atoms with E-state index in [9.17, 15) is 18.8 Å². The number of carboxylic acid groups (broad SMARTS) is 1. The Kier molecular flexibility index (Phi) is 5.91. The normalized spacial score (nSPS) is 19.8. The number of nitrogens with zero attached hydrogens (tertiary/aromatic N) is 2. The number of hydrogen-bond donors (Lipinski definition) is 1. The van der Waals surface area contributed by atoms with Gasteiger partial charge in [0.25, 0.3) is 5.91 Å². The number of benzene rings is 1. The van der Waals surface area contributed by atoms with Crippen LogP contribution in [0.2, 0.25) is 0 Å². The molecule has 1 aromatic rings. The Hall–Kier alpha value is -2.26. The number of thioether (sulfide) groups is 1. The summed E-state index contributed by atoms with van der Waals surface area (Å²) in [5.41, 5.74) is 0.666. The second-order valence-corrected chi connectivity index (χ2v) is 7.99. The molecule has 0 atom stereocenters. The molecule has 2 saturated heterocycles. The maximum absolute atomic E-state index is 13.0. The molecular formula is C18H17FN2O4S2. The van der Waals surface area contributed by atoms with Crippen LogP contribution in [-0.2, 0) is 14.4 Å². The van der Waals surface area contributed by atoms with Crippen LogP contribution in [0.15, 0.2) is 29.2 Å². The standard InChI is InChI=1S/C18H17FN2O4S2/c19-13-3-1-11(2-4-13)9-14-16(23)21(18(26)27-14)10-15(22)20-7-5-12(6-8-20)17(24)25/h1-4,9,12H,5-8,10H2,(H,24,25). The lowest BCUT2D eigenvalue weighted by Crippen LogP contribution is -2.46. The molecule has 0 aromatic heterocycles. The summed E-state index contributed by atoms with van der Waals surface area (Å²) in [6.07, 6.45) is 2.43. The molecular weight excluding hydrogens is 391 g/mol. The largest absolute Gasteiger partial charge is 0.481 e. The molecule has 1 N–H and O–H groups in total. The number of carbonyl (C=O) groups excluding carboxylic acids is 2. The molecule has 2 fully saturated rings. The predicted octanol–water partition coefficient (Wildman–Crippen LogP) is 2.35. The number of amides is 2. The van der Waals surface area contributed by atoms with Crippen LogP contribution >= 0.6 is 24.0 Å². The fraction of sp³-hybridized carbons (Fsp3) is 0.333. The van der Waals surface area contributed by atoms with Gasteiger partial charge >= 0.3 is 5.97 Å². The van der Waals surface area contributed by atoms with Gasteiger partial charge in [0.05, 0.1) is 10.8 Å². The van der Waals surface area contributed by atoms with Gasteiger partial charge in [-0.1, -0.05) is 36.1 Å². The number of piperidine rings is 1. The molecule has 0 aliphatic carbocycles. The van der Waals surface area contributed by atoms with Crippen LogP contribution in [0.4, 0.5) is 4.39 Å². The maximum Gasteiger partial charge on any atom is 0.306 e. The van der Waals surface area contributed by atoms with Gasteiger partial charge in [0.1, 0.15) is 16.7 Å². The van der Waals surface area contributed by atoms with E-state index in [1.165, 1.54) is 17.0 Å². The molecule has 1 aromatic carbocycles. The zero-order valence-corrected chi connectivity index (χ0v) is 15.9. The zero-order valence-electron chi connectivity index (χ0n) is 14.3. The Bertz CT molecular complexity index is 817. The summed E-state index contributed by atoms with van der Waals surface area (Å²) < 4.78 is 13.3. The first kappa shape index (κ1) is 19.5. The molecule has 0 radical (unpaired) electrons. The lowest BCUT2D eigenvalue weighted by Gasteiger charge is -2.31. The highest BCUT2D eigenvalue weighted by atomic mass is 32.2. The Morgan fingerprint density at radius 2 is 1.89 bits per heavy atom. The van der Waals surface area contributed by atoms with Gasteiger partial charge in [-0.05, 0) is 36.6 Å². The minimum Gasteiger partial charge on any atom is -0.481 e. The van der Waals surface area contributed by atoms with Gasteiger partial charge in [0, 0.05) is 13.1 Å². The van der Waals surface area contributed by atoms with Crippen molar-refractivity contribution in [2.75, 3.05) is 19.6 Å². The summed E-state index contributed by atoms with van der Waals surface area (Å²) >= 11 is 6.32. The SMILES string of the molecule is O=C(O)C1CCN(C(=O)CN2C(=O)C(=Cc3ccc(F)cc3)SC2=S)CC1. The Morgan fingerprint density at radius 3 is 2.48 bits per heavy atom. The van der Waals surface area contributed by atoms with Gasteiger partial charge in [-0.2, -0.15) is 0 Å². The Labute approximate surface area is 165 Å². The van der Waals surface area contributed by atoms with E-state index in [0.29, 0.717) is 40.7 Å². The van der Waals surface area contributed by atoms with Gasteiger partial charge < -0.3 is 10.0 Å². The number of carbonyl (C=O) groups is 3. The number of carboxylic acids is 1. The summed E-state index contributed by atoms with van der Waals surface area (Å²) in [5, 5.41) is 9.02. The first-order chi connectivity index (χ1) is 12.8. The van der Waals surface area contributed by atoms with Crippen LogP contribution in [0.25, 0.3) is 6.08 Å². The summed E-state index contributed by atoms with van der Waals surface area (Å²) in [4.78, 5) is 39.3. The van der Waals surface area contributed by atoms with Crippen molar-refractivity contribution in [1.82, 2.24) is 9.80 Å². The fourth-order valence-electron chi connectivity index (χ4n) is 2.96. The van der Waals surface area contributed by atoms with Crippen molar-refractivity contribution in [3.8, 4) is 0 Å². The molecule has 0 bridgehead atoms. The molecule has 2 aliphatic rings. The van der Waals surface area contributed by atoms with E-state index in [4.69, 9.17) is 17.3 Å². The Balaban J connectivity index is 1.63. The second kappa shape index (κ2) is 8.18. The highest BCUT2D eigenvalue weighted by Gasteiger charge is 2.35. The summed E-state index contributed by atoms with van der Waals surface area (Å²) in [6.45, 7) is 0.551. The van der Waals surface area contributed by atoms with Crippen molar-refractivity contribution in [2.24, 2.45) is 5.92 Å². The molecule has 2 aliphatic heterocycles. The number of rotatable bonds is 4. The van der Waals surface area contributed by atoms with Gasteiger partial charge in [0.15, 0.2) is 0 Å². The molecule has 0 saturated carbocycles. The third-order valence-electron chi connectivity index (χ3n) is 4.53. The molecule has 0 spiro atoms. The van der Waals surface area contributed by atoms with Gasteiger partial charge in [-0.25, -0.2) is 4.39 Å². The lowest BCUT2D eigenvalue weighted by atomic mass is 9.97. The van der Waals surface area contributed by atoms with Gasteiger partial charge in [0.2, 0.25) is 5.91 Å². The van der Waals surface area contributed by atoms with Crippen LogP contribution in [-0.4, -0.2) is 56.6 Å². The molecule has 3 rings (SSSR count). The van der Waals surface area contributed by atoms with Crippen LogP contribution in [0, 0.1) is 11.7 Å². The molecule has 2 heterocycles. The van der Waals surface area contributed by atoms with E-state index in [2.05, 4.69) is 0 Å². The highest BCUT2D eigenvalue weighted by molar-refractivity contribution is 8.26. The first-order valence-corrected chi connectivity index (χ1v) is 9.59. The number of halogens is 1. The van der Waals surface area contributed by atoms with Gasteiger partial charge in [-0.3, -0.25) is 19.3 Å². The van der Waals surface area contributed by atoms with Crippen LogP contribution in [0.5, 0.6) is 0 Å². The van der Waals surface area contributed by atoms with Crippen molar-refractivity contribution >= 4 is 52.2 Å². The minimum absolute atomic E-state index is 0.164. The van der Waals surface area contributed by atoms with Crippen molar-refractivity contribution < 1.29 is 23.9 Å². The van der Waals surface area contributed by atoms with Crippen LogP contribution in [0.1, 0.15) is 18.4 Å². The fourth-order valence-corrected chi connectivity index (χ4v) is 4.21. The second-order valence-electron chi connectivity index (χ2n) is 6.31. The average Bonchev–Trinajstić information content (AvgIpc) is 2.91. The third-order valence-corrected chi connectivity index (χ3v) is 5.91. The smallest absolute Gasteiger partial charge is 0.306 e. The van der Waals surface area contributed by atoms with E-state index in [-0.39, 0.29) is 24.2 Å². The van der Waals surface area contributed by atoms with Crippen molar-refractivity contribution in [1.29, 1.82) is 0 Å². The van der Waals surface area contributed by atoms with Crippen LogP contribution < -0.4 is 0 Å². The van der Waals surface area contributed by atoms with E-state index in [1.807, 2.05) is 0 Å². The van der Waals surface area contributed by atoms with E-state index in [1.54, 1.807) is 23.1 Å². The van der Waals surface area contributed by atoms with Crippen LogP contribution in [0.3, 0.4) is 0 Å². The van der Waals surface area contributed by atoms with Crippen molar-refractivity contribution in [2.45, 2.75) is 12.8 Å². The quantitative estimate of drug-likeness (QED) is 0.609. The summed E-state index contributed by atoms with van der Waals surface area (Å²) in [6, 6.07) is 5.72. The highest BCUT2D eigenvalue weighted by Crippen LogP contribution is 2.32. The van der Waals surface area contributed by atoms with Crippen molar-refractivity contribution in [3.63, 3.8) is 0 Å².